The molecule has 1 aliphatic rings. The summed E-state index contributed by atoms with van der Waals surface area (Å²) < 4.78 is 5.20. The number of nitro groups is 1. The second-order valence-electron chi connectivity index (χ2n) is 5.91. The summed E-state index contributed by atoms with van der Waals surface area (Å²) in [7, 11) is 0. The number of aromatic nitrogens is 1. The Morgan fingerprint density at radius 2 is 2.00 bits per heavy atom. The molecule has 130 valence electrons. The number of rotatable bonds is 5. The van der Waals surface area contributed by atoms with Crippen LogP contribution >= 0.6 is 0 Å². The third kappa shape index (κ3) is 4.12. The van der Waals surface area contributed by atoms with E-state index in [2.05, 4.69) is 4.98 Å². The van der Waals surface area contributed by atoms with Crippen LogP contribution in [0.5, 0.6) is 0 Å². The summed E-state index contributed by atoms with van der Waals surface area (Å²) in [6, 6.07) is 9.83. The van der Waals surface area contributed by atoms with Crippen molar-refractivity contribution in [3.05, 3.63) is 64.0 Å². The summed E-state index contributed by atoms with van der Waals surface area (Å²) >= 11 is 0. The summed E-state index contributed by atoms with van der Waals surface area (Å²) in [5, 5.41) is 11.4. The largest absolute Gasteiger partial charge is 0.456 e. The summed E-state index contributed by atoms with van der Waals surface area (Å²) in [6.45, 7) is 1.62. The van der Waals surface area contributed by atoms with Crippen molar-refractivity contribution < 1.29 is 14.5 Å². The molecule has 7 nitrogen and oxygen atoms in total. The number of carbonyl (C=O) groups excluding carboxylic acids is 1. The van der Waals surface area contributed by atoms with Crippen LogP contribution in [-0.2, 0) is 11.3 Å². The Kier molecular flexibility index (Phi) is 5.23. The van der Waals surface area contributed by atoms with E-state index in [1.807, 2.05) is 4.90 Å². The van der Waals surface area contributed by atoms with Gasteiger partial charge in [0.15, 0.2) is 0 Å². The van der Waals surface area contributed by atoms with Crippen LogP contribution in [0.15, 0.2) is 42.6 Å². The predicted molar refractivity (Wildman–Crippen MR) is 92.5 cm³/mol. The minimum Gasteiger partial charge on any atom is -0.456 e. The molecule has 1 aliphatic heterocycles. The minimum atomic E-state index is -0.598. The molecule has 3 rings (SSSR count). The summed E-state index contributed by atoms with van der Waals surface area (Å²) in [5.41, 5.74) is 1.29. The Balaban J connectivity index is 1.76. The second-order valence-corrected chi connectivity index (χ2v) is 5.91. The first-order chi connectivity index (χ1) is 12.1. The average Bonchev–Trinajstić information content (AvgIpc) is 2.67. The van der Waals surface area contributed by atoms with Gasteiger partial charge in [-0.2, -0.15) is 0 Å². The van der Waals surface area contributed by atoms with Gasteiger partial charge in [0, 0.05) is 25.4 Å². The Bertz CT molecular complexity index is 758. The van der Waals surface area contributed by atoms with Gasteiger partial charge in [-0.25, -0.2) is 4.79 Å². The van der Waals surface area contributed by atoms with E-state index in [-0.39, 0.29) is 17.9 Å². The number of nitrogens with zero attached hydrogens (tertiary/aromatic N) is 3. The molecule has 2 aromatic rings. The molecule has 0 amide bonds. The quantitative estimate of drug-likeness (QED) is 0.471. The molecule has 0 unspecified atom stereocenters. The zero-order chi connectivity index (χ0) is 17.6. The van der Waals surface area contributed by atoms with Crippen LogP contribution < -0.4 is 4.90 Å². The topological polar surface area (TPSA) is 85.6 Å². The molecule has 2 heterocycles. The van der Waals surface area contributed by atoms with Gasteiger partial charge in [0.25, 0.3) is 5.69 Å². The molecule has 0 radical (unpaired) electrons. The first-order valence-corrected chi connectivity index (χ1v) is 8.25. The summed E-state index contributed by atoms with van der Waals surface area (Å²) in [4.78, 5) is 29.3. The molecular formula is C18H19N3O4. The molecule has 1 saturated heterocycles. The normalized spacial score (nSPS) is 14.2. The van der Waals surface area contributed by atoms with Gasteiger partial charge in [0.05, 0.1) is 16.2 Å². The number of nitro benzene ring substituents is 1. The number of anilines is 1. The van der Waals surface area contributed by atoms with Crippen molar-refractivity contribution in [2.75, 3.05) is 18.0 Å². The third-order valence-electron chi connectivity index (χ3n) is 4.18. The van der Waals surface area contributed by atoms with Crippen LogP contribution in [0.4, 0.5) is 11.4 Å². The number of esters is 1. The fourth-order valence-electron chi connectivity index (χ4n) is 2.91. The molecule has 0 atom stereocenters. The number of pyridine rings is 1. The Hall–Kier alpha value is -2.96. The van der Waals surface area contributed by atoms with Gasteiger partial charge < -0.3 is 9.64 Å². The lowest BCUT2D eigenvalue weighted by Gasteiger charge is -2.28. The van der Waals surface area contributed by atoms with Crippen molar-refractivity contribution in [2.24, 2.45) is 0 Å². The molecule has 0 saturated carbocycles. The van der Waals surface area contributed by atoms with Crippen molar-refractivity contribution in [3.8, 4) is 0 Å². The second kappa shape index (κ2) is 7.74. The minimum absolute atomic E-state index is 0.0291. The molecule has 1 aromatic carbocycles. The van der Waals surface area contributed by atoms with Gasteiger partial charge in [0.2, 0.25) is 0 Å². The maximum atomic E-state index is 12.2. The molecule has 0 bridgehead atoms. The van der Waals surface area contributed by atoms with Crippen molar-refractivity contribution in [1.82, 2.24) is 4.98 Å². The highest BCUT2D eigenvalue weighted by Gasteiger charge is 2.23. The lowest BCUT2D eigenvalue weighted by molar-refractivity contribution is -0.384. The summed E-state index contributed by atoms with van der Waals surface area (Å²) in [5.74, 6) is -0.598. The van der Waals surface area contributed by atoms with E-state index < -0.39 is 10.9 Å². The highest BCUT2D eigenvalue weighted by atomic mass is 16.6. The molecule has 1 aromatic heterocycles. The maximum Gasteiger partial charge on any atom is 0.338 e. The van der Waals surface area contributed by atoms with Crippen LogP contribution in [0, 0.1) is 10.1 Å². The fourth-order valence-corrected chi connectivity index (χ4v) is 2.91. The molecule has 25 heavy (non-hydrogen) atoms. The predicted octanol–water partition coefficient (Wildman–Crippen LogP) is 3.34. The Labute approximate surface area is 145 Å². The van der Waals surface area contributed by atoms with Crippen molar-refractivity contribution in [3.63, 3.8) is 0 Å². The smallest absolute Gasteiger partial charge is 0.338 e. The van der Waals surface area contributed by atoms with Crippen LogP contribution in [0.25, 0.3) is 0 Å². The molecule has 1 fully saturated rings. The van der Waals surface area contributed by atoms with E-state index in [0.717, 1.165) is 32.4 Å². The van der Waals surface area contributed by atoms with Crippen molar-refractivity contribution in [2.45, 2.75) is 25.9 Å². The fraction of sp³-hybridized carbons (Fsp3) is 0.333. The average molecular weight is 341 g/mol. The van der Waals surface area contributed by atoms with E-state index in [1.54, 1.807) is 36.5 Å². The van der Waals surface area contributed by atoms with Gasteiger partial charge in [-0.05, 0) is 43.5 Å². The molecule has 0 spiro atoms. The number of carbonyl (C=O) groups is 1. The summed E-state index contributed by atoms with van der Waals surface area (Å²) in [6.07, 6.45) is 4.79. The lowest BCUT2D eigenvalue weighted by Crippen LogP contribution is -2.30. The highest BCUT2D eigenvalue weighted by molar-refractivity contribution is 5.91. The van der Waals surface area contributed by atoms with E-state index in [1.165, 1.54) is 6.07 Å². The maximum absolute atomic E-state index is 12.2. The Morgan fingerprint density at radius 3 is 2.68 bits per heavy atom. The number of piperidine rings is 1. The number of ether oxygens (including phenoxy) is 1. The van der Waals surface area contributed by atoms with E-state index >= 15 is 0 Å². The SMILES string of the molecule is O=C(OCc1ccccn1)c1ccc(N2CCCCC2)c([N+](=O)[O-])c1. The first kappa shape index (κ1) is 16.9. The number of hydrogen-bond acceptors (Lipinski definition) is 6. The van der Waals surface area contributed by atoms with Crippen LogP contribution in [0.2, 0.25) is 0 Å². The van der Waals surface area contributed by atoms with E-state index in [4.69, 9.17) is 4.74 Å². The highest BCUT2D eigenvalue weighted by Crippen LogP contribution is 2.31. The molecule has 0 N–H and O–H groups in total. The molecule has 7 heteroatoms. The van der Waals surface area contributed by atoms with Gasteiger partial charge >= 0.3 is 5.97 Å². The van der Waals surface area contributed by atoms with E-state index in [0.29, 0.717) is 11.4 Å². The standard InChI is InChI=1S/C18H19N3O4/c22-18(25-13-15-6-2-3-9-19-15)14-7-8-16(17(12-14)21(23)24)20-10-4-1-5-11-20/h2-3,6-9,12H,1,4-5,10-11,13H2. The number of hydrogen-bond donors (Lipinski definition) is 0. The zero-order valence-electron chi connectivity index (χ0n) is 13.8. The molecule has 0 aliphatic carbocycles. The van der Waals surface area contributed by atoms with Crippen LogP contribution in [0.3, 0.4) is 0 Å². The van der Waals surface area contributed by atoms with Gasteiger partial charge in [-0.1, -0.05) is 6.07 Å². The lowest BCUT2D eigenvalue weighted by atomic mass is 10.1. The Morgan fingerprint density at radius 1 is 1.20 bits per heavy atom. The van der Waals surface area contributed by atoms with Gasteiger partial charge in [-0.15, -0.1) is 0 Å². The van der Waals surface area contributed by atoms with E-state index in [9.17, 15) is 14.9 Å². The van der Waals surface area contributed by atoms with Gasteiger partial charge in [0.1, 0.15) is 12.3 Å². The van der Waals surface area contributed by atoms with Gasteiger partial charge in [-0.3, -0.25) is 15.1 Å². The van der Waals surface area contributed by atoms with Crippen LogP contribution in [0.1, 0.15) is 35.3 Å². The monoisotopic (exact) mass is 341 g/mol. The van der Waals surface area contributed by atoms with Crippen LogP contribution in [-0.4, -0.2) is 29.0 Å². The zero-order valence-corrected chi connectivity index (χ0v) is 13.8. The van der Waals surface area contributed by atoms with Crippen molar-refractivity contribution in [1.29, 1.82) is 0 Å². The molecular weight excluding hydrogens is 322 g/mol. The van der Waals surface area contributed by atoms with Crippen molar-refractivity contribution >= 4 is 17.3 Å². The first-order valence-electron chi connectivity index (χ1n) is 8.25. The number of benzene rings is 1. The third-order valence-corrected chi connectivity index (χ3v) is 4.18.